The van der Waals surface area contributed by atoms with Crippen LogP contribution in [0.3, 0.4) is 0 Å². The summed E-state index contributed by atoms with van der Waals surface area (Å²) in [5, 5.41) is 12.2. The number of alkyl halides is 2. The molecule has 0 bridgehead atoms. The number of nitrogens with zero attached hydrogens (tertiary/aromatic N) is 1. The van der Waals surface area contributed by atoms with Gasteiger partial charge in [0.25, 0.3) is 6.43 Å². The fourth-order valence-corrected chi connectivity index (χ4v) is 2.09. The predicted octanol–water partition coefficient (Wildman–Crippen LogP) is 0.0284. The lowest BCUT2D eigenvalue weighted by Crippen LogP contribution is -2.36. The van der Waals surface area contributed by atoms with Gasteiger partial charge in [-0.05, 0) is 6.92 Å². The second kappa shape index (κ2) is 5.52. The third-order valence-corrected chi connectivity index (χ3v) is 3.10. The van der Waals surface area contributed by atoms with Crippen LogP contribution in [0.25, 0.3) is 0 Å². The number of nitrogens with one attached hydrogen (secondary N) is 1. The Kier molecular flexibility index (Phi) is 4.54. The van der Waals surface area contributed by atoms with Gasteiger partial charge in [-0.3, -0.25) is 0 Å². The van der Waals surface area contributed by atoms with E-state index in [0.29, 0.717) is 5.76 Å². The third kappa shape index (κ3) is 4.75. The number of aliphatic hydroxyl groups is 1. The summed E-state index contributed by atoms with van der Waals surface area (Å²) in [7, 11) is -3.82. The Hall–Kier alpha value is -1.06. The van der Waals surface area contributed by atoms with Crippen molar-refractivity contribution in [2.24, 2.45) is 0 Å². The van der Waals surface area contributed by atoms with Gasteiger partial charge in [-0.15, -0.1) is 0 Å². The van der Waals surface area contributed by atoms with Crippen molar-refractivity contribution in [3.8, 4) is 0 Å². The van der Waals surface area contributed by atoms with E-state index in [2.05, 4.69) is 9.68 Å². The second-order valence-corrected chi connectivity index (χ2v) is 5.25. The Morgan fingerprint density at radius 1 is 1.59 bits per heavy atom. The zero-order chi connectivity index (χ0) is 13.1. The summed E-state index contributed by atoms with van der Waals surface area (Å²) >= 11 is 0. The predicted molar refractivity (Wildman–Crippen MR) is 53.9 cm³/mol. The van der Waals surface area contributed by atoms with Crippen molar-refractivity contribution in [2.45, 2.75) is 25.2 Å². The van der Waals surface area contributed by atoms with Gasteiger partial charge < -0.3 is 9.63 Å². The molecular weight excluding hydrogens is 258 g/mol. The molecule has 0 saturated heterocycles. The van der Waals surface area contributed by atoms with Gasteiger partial charge in [0, 0.05) is 12.6 Å². The molecule has 0 aliphatic carbocycles. The molecule has 2 N–H and O–H groups in total. The average molecular weight is 270 g/mol. The maximum Gasteiger partial charge on any atom is 0.265 e. The summed E-state index contributed by atoms with van der Waals surface area (Å²) in [5.74, 6) is -0.0388. The summed E-state index contributed by atoms with van der Waals surface area (Å²) in [5.41, 5.74) is 0.168. The molecule has 1 rings (SSSR count). The topological polar surface area (TPSA) is 92.4 Å². The summed E-state index contributed by atoms with van der Waals surface area (Å²) in [6.07, 6.45) is -5.02. The average Bonchev–Trinajstić information content (AvgIpc) is 2.59. The first kappa shape index (κ1) is 14.0. The molecule has 1 aromatic heterocycles. The highest BCUT2D eigenvalue weighted by molar-refractivity contribution is 7.88. The van der Waals surface area contributed by atoms with Crippen LogP contribution < -0.4 is 4.72 Å². The fourth-order valence-electron chi connectivity index (χ4n) is 1.03. The van der Waals surface area contributed by atoms with Crippen LogP contribution in [-0.4, -0.2) is 37.8 Å². The van der Waals surface area contributed by atoms with Gasteiger partial charge in [0.2, 0.25) is 10.0 Å². The van der Waals surface area contributed by atoms with E-state index < -0.39 is 34.9 Å². The zero-order valence-electron chi connectivity index (χ0n) is 8.93. The van der Waals surface area contributed by atoms with Crippen molar-refractivity contribution < 1.29 is 26.8 Å². The van der Waals surface area contributed by atoms with Gasteiger partial charge >= 0.3 is 0 Å². The first-order chi connectivity index (χ1) is 7.80. The highest BCUT2D eigenvalue weighted by Crippen LogP contribution is 2.06. The Balaban J connectivity index is 2.52. The van der Waals surface area contributed by atoms with Crippen LogP contribution in [0.2, 0.25) is 0 Å². The molecule has 6 nitrogen and oxygen atoms in total. The summed E-state index contributed by atoms with van der Waals surface area (Å²) in [4.78, 5) is 0. The quantitative estimate of drug-likeness (QED) is 0.760. The minimum Gasteiger partial charge on any atom is -0.386 e. The highest BCUT2D eigenvalue weighted by atomic mass is 32.2. The maximum absolute atomic E-state index is 11.9. The number of rotatable bonds is 6. The lowest BCUT2D eigenvalue weighted by atomic mass is 10.4. The molecule has 1 aromatic rings. The van der Waals surface area contributed by atoms with E-state index in [9.17, 15) is 17.2 Å². The molecule has 1 heterocycles. The van der Waals surface area contributed by atoms with Gasteiger partial charge in [0.05, 0.1) is 0 Å². The van der Waals surface area contributed by atoms with Gasteiger partial charge in [0.15, 0.2) is 0 Å². The first-order valence-electron chi connectivity index (χ1n) is 4.66. The van der Waals surface area contributed by atoms with Crippen molar-refractivity contribution in [3.05, 3.63) is 17.5 Å². The normalized spacial score (nSPS) is 14.2. The van der Waals surface area contributed by atoms with Gasteiger partial charge in [-0.2, -0.15) is 0 Å². The molecule has 0 fully saturated rings. The number of sulfonamides is 1. The Morgan fingerprint density at radius 2 is 2.24 bits per heavy atom. The van der Waals surface area contributed by atoms with E-state index in [1.807, 2.05) is 4.72 Å². The smallest absolute Gasteiger partial charge is 0.265 e. The number of hydrogen-bond donors (Lipinski definition) is 2. The largest absolute Gasteiger partial charge is 0.386 e. The van der Waals surface area contributed by atoms with Crippen LogP contribution in [0, 0.1) is 6.92 Å². The fraction of sp³-hybridized carbons (Fsp3) is 0.625. The molecule has 0 aliphatic rings. The molecule has 1 unspecified atom stereocenters. The van der Waals surface area contributed by atoms with Crippen molar-refractivity contribution >= 4 is 10.0 Å². The molecule has 0 aromatic carbocycles. The first-order valence-corrected chi connectivity index (χ1v) is 6.31. The van der Waals surface area contributed by atoms with E-state index in [1.54, 1.807) is 6.92 Å². The van der Waals surface area contributed by atoms with E-state index in [0.717, 1.165) is 0 Å². The van der Waals surface area contributed by atoms with E-state index in [1.165, 1.54) is 6.07 Å². The molecule has 0 saturated carbocycles. The van der Waals surface area contributed by atoms with Crippen LogP contribution in [0.5, 0.6) is 0 Å². The summed E-state index contributed by atoms with van der Waals surface area (Å²) in [6, 6.07) is 1.42. The number of aryl methyl sites for hydroxylation is 1. The SMILES string of the molecule is Cc1cc(CS(=O)(=O)NCC(O)C(F)F)no1. The monoisotopic (exact) mass is 270 g/mol. The second-order valence-electron chi connectivity index (χ2n) is 3.44. The highest BCUT2D eigenvalue weighted by Gasteiger charge is 2.21. The van der Waals surface area contributed by atoms with E-state index >= 15 is 0 Å². The molecule has 1 atom stereocenters. The van der Waals surface area contributed by atoms with Gasteiger partial charge in [-0.1, -0.05) is 5.16 Å². The Bertz CT molecular complexity index is 460. The van der Waals surface area contributed by atoms with Crippen LogP contribution >= 0.6 is 0 Å². The van der Waals surface area contributed by atoms with Crippen molar-refractivity contribution in [2.75, 3.05) is 6.54 Å². The molecule has 17 heavy (non-hydrogen) atoms. The summed E-state index contributed by atoms with van der Waals surface area (Å²) in [6.45, 7) is 0.855. The van der Waals surface area contributed by atoms with Gasteiger partial charge in [0.1, 0.15) is 23.3 Å². The standard InChI is InChI=1S/C8H12F2N2O4S/c1-5-2-6(12-16-5)4-17(14,15)11-3-7(13)8(9)10/h2,7-8,11,13H,3-4H2,1H3. The Morgan fingerprint density at radius 3 is 2.71 bits per heavy atom. The lowest BCUT2D eigenvalue weighted by molar-refractivity contribution is -0.000456. The molecular formula is C8H12F2N2O4S. The Labute approximate surface area is 96.7 Å². The summed E-state index contributed by atoms with van der Waals surface area (Å²) < 4.78 is 53.1. The number of aromatic nitrogens is 1. The van der Waals surface area contributed by atoms with Gasteiger partial charge in [-0.25, -0.2) is 21.9 Å². The molecule has 98 valence electrons. The maximum atomic E-state index is 11.9. The number of halogens is 2. The van der Waals surface area contributed by atoms with Crippen molar-refractivity contribution in [3.63, 3.8) is 0 Å². The lowest BCUT2D eigenvalue weighted by Gasteiger charge is -2.10. The van der Waals surface area contributed by atoms with Crippen LogP contribution in [0.15, 0.2) is 10.6 Å². The van der Waals surface area contributed by atoms with Crippen LogP contribution in [0.4, 0.5) is 8.78 Å². The molecule has 0 amide bonds. The number of aliphatic hydroxyl groups excluding tert-OH is 1. The molecule has 0 radical (unpaired) electrons. The molecule has 9 heteroatoms. The third-order valence-electron chi connectivity index (χ3n) is 1.82. The number of hydrogen-bond acceptors (Lipinski definition) is 5. The van der Waals surface area contributed by atoms with Crippen LogP contribution in [-0.2, 0) is 15.8 Å². The molecule has 0 spiro atoms. The zero-order valence-corrected chi connectivity index (χ0v) is 9.75. The minimum absolute atomic E-state index is 0.168. The van der Waals surface area contributed by atoms with Crippen molar-refractivity contribution in [1.82, 2.24) is 9.88 Å². The van der Waals surface area contributed by atoms with E-state index in [-0.39, 0.29) is 5.69 Å². The molecule has 0 aliphatic heterocycles. The van der Waals surface area contributed by atoms with Crippen molar-refractivity contribution in [1.29, 1.82) is 0 Å². The minimum atomic E-state index is -3.82. The van der Waals surface area contributed by atoms with E-state index in [4.69, 9.17) is 5.11 Å². The van der Waals surface area contributed by atoms with Crippen LogP contribution in [0.1, 0.15) is 11.5 Å².